The van der Waals surface area contributed by atoms with Crippen molar-refractivity contribution in [2.45, 2.75) is 10.8 Å². The molecule has 2 rings (SSSR count). The summed E-state index contributed by atoms with van der Waals surface area (Å²) >= 11 is 15.0. The zero-order chi connectivity index (χ0) is 12.6. The van der Waals surface area contributed by atoms with Gasteiger partial charge in [-0.1, -0.05) is 15.9 Å². The van der Waals surface area contributed by atoms with Gasteiger partial charge in [-0.2, -0.15) is 0 Å². The predicted molar refractivity (Wildman–Crippen MR) is 69.1 cm³/mol. The second-order valence-corrected chi connectivity index (χ2v) is 6.41. The van der Waals surface area contributed by atoms with Crippen LogP contribution in [0.2, 0.25) is 0 Å². The van der Waals surface area contributed by atoms with Crippen molar-refractivity contribution in [3.8, 4) is 5.75 Å². The van der Waals surface area contributed by atoms with Gasteiger partial charge in [-0.05, 0) is 24.6 Å². The van der Waals surface area contributed by atoms with Crippen molar-refractivity contribution in [1.82, 2.24) is 0 Å². The summed E-state index contributed by atoms with van der Waals surface area (Å²) in [7, 11) is 0. The van der Waals surface area contributed by atoms with Gasteiger partial charge in [0, 0.05) is 10.4 Å². The van der Waals surface area contributed by atoms with Crippen molar-refractivity contribution < 1.29 is 14.6 Å². The Morgan fingerprint density at radius 3 is 2.71 bits per heavy atom. The molecule has 1 aromatic rings. The second-order valence-electron chi connectivity index (χ2n) is 3.95. The van der Waals surface area contributed by atoms with Gasteiger partial charge in [-0.25, -0.2) is 4.79 Å². The molecule has 1 saturated carbocycles. The fourth-order valence-electron chi connectivity index (χ4n) is 1.42. The lowest BCUT2D eigenvalue weighted by Crippen LogP contribution is -2.05. The van der Waals surface area contributed by atoms with E-state index in [1.807, 2.05) is 0 Å². The molecule has 0 aliphatic heterocycles. The molecule has 0 bridgehead atoms. The van der Waals surface area contributed by atoms with Crippen LogP contribution in [0, 0.1) is 5.92 Å². The summed E-state index contributed by atoms with van der Waals surface area (Å²) in [5, 5.41) is 8.89. The van der Waals surface area contributed by atoms with Crippen LogP contribution in [0.3, 0.4) is 0 Å². The summed E-state index contributed by atoms with van der Waals surface area (Å²) in [6, 6.07) is 4.69. The molecular formula is C11H9BrCl2O3. The lowest BCUT2D eigenvalue weighted by molar-refractivity contribution is 0.0696. The Balaban J connectivity index is 2.03. The number of aromatic carboxylic acids is 1. The first kappa shape index (κ1) is 13.0. The molecule has 1 atom stereocenters. The second kappa shape index (κ2) is 4.67. The van der Waals surface area contributed by atoms with Crippen LogP contribution in [0.4, 0.5) is 0 Å². The van der Waals surface area contributed by atoms with Crippen LogP contribution in [0.25, 0.3) is 0 Å². The molecule has 0 radical (unpaired) electrons. The van der Waals surface area contributed by atoms with Crippen molar-refractivity contribution in [3.05, 3.63) is 28.2 Å². The first-order valence-electron chi connectivity index (χ1n) is 4.93. The van der Waals surface area contributed by atoms with Crippen molar-refractivity contribution in [1.29, 1.82) is 0 Å². The Morgan fingerprint density at radius 2 is 2.18 bits per heavy atom. The molecule has 3 nitrogen and oxygen atoms in total. The molecule has 1 unspecified atom stereocenters. The summed E-state index contributed by atoms with van der Waals surface area (Å²) in [6.45, 7) is 0.391. The summed E-state index contributed by atoms with van der Waals surface area (Å²) < 4.78 is 5.45. The Kier molecular flexibility index (Phi) is 3.57. The minimum absolute atomic E-state index is 0.109. The number of ether oxygens (including phenoxy) is 1. The van der Waals surface area contributed by atoms with Gasteiger partial charge >= 0.3 is 5.97 Å². The third-order valence-corrected chi connectivity index (χ3v) is 3.91. The topological polar surface area (TPSA) is 46.5 Å². The average Bonchev–Trinajstić information content (AvgIpc) is 2.83. The van der Waals surface area contributed by atoms with Gasteiger partial charge in [0.15, 0.2) is 0 Å². The number of carboxylic acids is 1. The third kappa shape index (κ3) is 3.27. The lowest BCUT2D eigenvalue weighted by Gasteiger charge is -2.07. The first-order chi connectivity index (χ1) is 7.88. The van der Waals surface area contributed by atoms with E-state index in [0.717, 1.165) is 0 Å². The summed E-state index contributed by atoms with van der Waals surface area (Å²) in [5.41, 5.74) is 0.174. The highest BCUT2D eigenvalue weighted by Gasteiger charge is 2.52. The monoisotopic (exact) mass is 338 g/mol. The molecule has 1 aromatic carbocycles. The summed E-state index contributed by atoms with van der Waals surface area (Å²) in [6.07, 6.45) is 0.704. The van der Waals surface area contributed by atoms with Gasteiger partial charge in [-0.15, -0.1) is 23.2 Å². The maximum Gasteiger partial charge on any atom is 0.335 e. The minimum atomic E-state index is -0.994. The maximum absolute atomic E-state index is 10.8. The molecule has 0 spiro atoms. The van der Waals surface area contributed by atoms with E-state index in [4.69, 9.17) is 33.0 Å². The van der Waals surface area contributed by atoms with Gasteiger partial charge in [0.2, 0.25) is 0 Å². The molecule has 6 heteroatoms. The number of carboxylic acid groups (broad SMARTS) is 1. The molecule has 0 heterocycles. The number of hydrogen-bond acceptors (Lipinski definition) is 2. The average molecular weight is 340 g/mol. The Labute approximate surface area is 117 Å². The van der Waals surface area contributed by atoms with E-state index < -0.39 is 10.3 Å². The number of carbonyl (C=O) groups is 1. The molecule has 1 N–H and O–H groups in total. The number of hydrogen-bond donors (Lipinski definition) is 1. The van der Waals surface area contributed by atoms with Crippen LogP contribution >= 0.6 is 39.1 Å². The molecule has 17 heavy (non-hydrogen) atoms. The van der Waals surface area contributed by atoms with Crippen LogP contribution in [0.15, 0.2) is 22.7 Å². The summed E-state index contributed by atoms with van der Waals surface area (Å²) in [5.74, 6) is -0.391. The van der Waals surface area contributed by atoms with E-state index in [9.17, 15) is 4.79 Å². The van der Waals surface area contributed by atoms with E-state index in [1.54, 1.807) is 6.07 Å². The number of benzene rings is 1. The minimum Gasteiger partial charge on any atom is -0.493 e. The van der Waals surface area contributed by atoms with Gasteiger partial charge < -0.3 is 9.84 Å². The smallest absolute Gasteiger partial charge is 0.335 e. The molecule has 0 saturated heterocycles. The lowest BCUT2D eigenvalue weighted by atomic mass is 10.2. The van der Waals surface area contributed by atoms with Crippen LogP contribution in [0.5, 0.6) is 5.75 Å². The van der Waals surface area contributed by atoms with Crippen molar-refractivity contribution in [2.75, 3.05) is 6.61 Å². The largest absolute Gasteiger partial charge is 0.493 e. The zero-order valence-corrected chi connectivity index (χ0v) is 11.7. The number of rotatable bonds is 4. The molecule has 0 amide bonds. The van der Waals surface area contributed by atoms with Gasteiger partial charge in [-0.3, -0.25) is 0 Å². The summed E-state index contributed by atoms with van der Waals surface area (Å²) in [4.78, 5) is 10.8. The van der Waals surface area contributed by atoms with E-state index in [-0.39, 0.29) is 11.5 Å². The van der Waals surface area contributed by atoms with Gasteiger partial charge in [0.1, 0.15) is 10.1 Å². The molecule has 1 aliphatic rings. The zero-order valence-electron chi connectivity index (χ0n) is 8.62. The SMILES string of the molecule is O=C(O)c1cc(Br)cc(OCC2CC2(Cl)Cl)c1. The van der Waals surface area contributed by atoms with E-state index in [0.29, 0.717) is 23.2 Å². The Bertz CT molecular complexity index is 462. The Morgan fingerprint density at radius 1 is 1.53 bits per heavy atom. The molecule has 0 aromatic heterocycles. The fraction of sp³-hybridized carbons (Fsp3) is 0.364. The highest BCUT2D eigenvalue weighted by Crippen LogP contribution is 2.53. The predicted octanol–water partition coefficient (Wildman–Crippen LogP) is 3.72. The first-order valence-corrected chi connectivity index (χ1v) is 6.48. The van der Waals surface area contributed by atoms with Gasteiger partial charge in [0.25, 0.3) is 0 Å². The Hall–Kier alpha value is -0.450. The van der Waals surface area contributed by atoms with Crippen molar-refractivity contribution >= 4 is 45.1 Å². The highest BCUT2D eigenvalue weighted by molar-refractivity contribution is 9.10. The van der Waals surface area contributed by atoms with Crippen LogP contribution in [-0.4, -0.2) is 22.0 Å². The molecule has 1 fully saturated rings. The molecule has 1 aliphatic carbocycles. The van der Waals surface area contributed by atoms with Crippen LogP contribution < -0.4 is 4.74 Å². The fourth-order valence-corrected chi connectivity index (χ4v) is 2.39. The number of alkyl halides is 2. The normalized spacial score (nSPS) is 21.0. The van der Waals surface area contributed by atoms with Crippen molar-refractivity contribution in [2.24, 2.45) is 5.92 Å². The maximum atomic E-state index is 10.8. The van der Waals surface area contributed by atoms with E-state index in [1.165, 1.54) is 12.1 Å². The van der Waals surface area contributed by atoms with Crippen LogP contribution in [0.1, 0.15) is 16.8 Å². The van der Waals surface area contributed by atoms with Crippen LogP contribution in [-0.2, 0) is 0 Å². The quantitative estimate of drug-likeness (QED) is 0.850. The molecular weight excluding hydrogens is 331 g/mol. The standard InChI is InChI=1S/C11H9BrCl2O3/c12-8-1-6(10(15)16)2-9(3-8)17-5-7-4-11(7,13)14/h1-3,7H,4-5H2,(H,15,16). The highest BCUT2D eigenvalue weighted by atomic mass is 79.9. The van der Waals surface area contributed by atoms with Crippen molar-refractivity contribution in [3.63, 3.8) is 0 Å². The van der Waals surface area contributed by atoms with E-state index >= 15 is 0 Å². The molecule has 92 valence electrons. The van der Waals surface area contributed by atoms with E-state index in [2.05, 4.69) is 15.9 Å². The number of halogens is 3. The van der Waals surface area contributed by atoms with Gasteiger partial charge in [0.05, 0.1) is 12.2 Å². The third-order valence-electron chi connectivity index (χ3n) is 2.53.